The Hall–Kier alpha value is -3.51. The Morgan fingerprint density at radius 1 is 0.765 bits per heavy atom. The molecule has 0 bridgehead atoms. The smallest absolute Gasteiger partial charge is 0.309 e. The highest BCUT2D eigenvalue weighted by Gasteiger charge is 2.57. The minimum Gasteiger partial charge on any atom is -0.309 e. The summed E-state index contributed by atoms with van der Waals surface area (Å²) in [6.07, 6.45) is 3.73. The van der Waals surface area contributed by atoms with Crippen LogP contribution in [0.2, 0.25) is 0 Å². The molecule has 0 N–H and O–H groups in total. The van der Waals surface area contributed by atoms with Crippen molar-refractivity contribution >= 4 is 11.9 Å². The number of hydrogen-bond acceptors (Lipinski definition) is 4. The molecule has 3 amide bonds. The van der Waals surface area contributed by atoms with E-state index in [0.29, 0.717) is 19.4 Å². The summed E-state index contributed by atoms with van der Waals surface area (Å²) in [5.41, 5.74) is 2.40. The second kappa shape index (κ2) is 9.77. The van der Waals surface area contributed by atoms with Crippen molar-refractivity contribution in [2.24, 2.45) is 0 Å². The van der Waals surface area contributed by atoms with Crippen molar-refractivity contribution in [2.75, 3.05) is 19.6 Å². The zero-order valence-corrected chi connectivity index (χ0v) is 19.3. The van der Waals surface area contributed by atoms with Crippen LogP contribution in [0.5, 0.6) is 0 Å². The number of piperidine rings is 1. The van der Waals surface area contributed by atoms with Crippen molar-refractivity contribution in [1.29, 1.82) is 0 Å². The third-order valence-corrected chi connectivity index (χ3v) is 7.07. The van der Waals surface area contributed by atoms with Gasteiger partial charge in [-0.2, -0.15) is 0 Å². The fraction of sp³-hybridized carbons (Fsp3) is 0.321. The van der Waals surface area contributed by atoms with Crippen molar-refractivity contribution in [3.8, 4) is 0 Å². The Morgan fingerprint density at radius 3 is 2.06 bits per heavy atom. The molecule has 0 unspecified atom stereocenters. The molecular formula is C28H30N4O2. The molecule has 1 aromatic heterocycles. The molecule has 0 saturated carbocycles. The lowest BCUT2D eigenvalue weighted by atomic mass is 9.85. The Morgan fingerprint density at radius 2 is 1.41 bits per heavy atom. The minimum atomic E-state index is -0.770. The maximum absolute atomic E-state index is 13.8. The lowest BCUT2D eigenvalue weighted by Gasteiger charge is -2.42. The van der Waals surface area contributed by atoms with Gasteiger partial charge in [-0.1, -0.05) is 66.7 Å². The molecule has 2 aliphatic rings. The highest BCUT2D eigenvalue weighted by Crippen LogP contribution is 2.38. The van der Waals surface area contributed by atoms with Gasteiger partial charge in [-0.25, -0.2) is 4.79 Å². The zero-order chi connectivity index (χ0) is 23.4. The van der Waals surface area contributed by atoms with E-state index in [1.54, 1.807) is 6.20 Å². The predicted octanol–water partition coefficient (Wildman–Crippen LogP) is 4.12. The van der Waals surface area contributed by atoms with Gasteiger partial charge in [0.15, 0.2) is 0 Å². The third-order valence-electron chi connectivity index (χ3n) is 7.07. The fourth-order valence-corrected chi connectivity index (χ4v) is 5.18. The van der Waals surface area contributed by atoms with Crippen LogP contribution in [0.1, 0.15) is 29.7 Å². The number of imide groups is 1. The first-order chi connectivity index (χ1) is 16.7. The van der Waals surface area contributed by atoms with Crippen LogP contribution in [0, 0.1) is 0 Å². The summed E-state index contributed by atoms with van der Waals surface area (Å²) in [5, 5.41) is 0. The standard InChI is InChI=1S/C28H30N4O2/c33-26-28(15-19-30(20-16-28)21-24-11-5-2-6-12-24)32(18-14-23-9-3-1-4-10-23)27(34)31(26)22-25-13-7-8-17-29-25/h1-13,17H,14-16,18-22H2. The monoisotopic (exact) mass is 454 g/mol. The number of urea groups is 1. The first-order valence-electron chi connectivity index (χ1n) is 12.0. The van der Waals surface area contributed by atoms with Gasteiger partial charge in [-0.05, 0) is 42.5 Å². The van der Waals surface area contributed by atoms with Gasteiger partial charge in [0.05, 0.1) is 12.2 Å². The lowest BCUT2D eigenvalue weighted by Crippen LogP contribution is -2.56. The van der Waals surface area contributed by atoms with Gasteiger partial charge in [0.25, 0.3) is 5.91 Å². The molecule has 3 heterocycles. The normalized spacial score (nSPS) is 18.1. The van der Waals surface area contributed by atoms with E-state index >= 15 is 0 Å². The van der Waals surface area contributed by atoms with E-state index in [-0.39, 0.29) is 18.5 Å². The van der Waals surface area contributed by atoms with Crippen molar-refractivity contribution in [3.05, 3.63) is 102 Å². The lowest BCUT2D eigenvalue weighted by molar-refractivity contribution is -0.136. The Bertz CT molecular complexity index is 1110. The van der Waals surface area contributed by atoms with Gasteiger partial charge in [0.1, 0.15) is 5.54 Å². The maximum Gasteiger partial charge on any atom is 0.328 e. The molecule has 3 aromatic rings. The second-order valence-corrected chi connectivity index (χ2v) is 9.18. The fourth-order valence-electron chi connectivity index (χ4n) is 5.18. The summed E-state index contributed by atoms with van der Waals surface area (Å²) >= 11 is 0. The maximum atomic E-state index is 13.8. The Labute approximate surface area is 200 Å². The van der Waals surface area contributed by atoms with E-state index in [4.69, 9.17) is 0 Å². The number of hydrogen-bond donors (Lipinski definition) is 0. The van der Waals surface area contributed by atoms with E-state index in [1.165, 1.54) is 16.0 Å². The number of amides is 3. The average molecular weight is 455 g/mol. The van der Waals surface area contributed by atoms with Crippen molar-refractivity contribution in [2.45, 2.75) is 37.9 Å². The van der Waals surface area contributed by atoms with Crippen LogP contribution in [-0.4, -0.2) is 56.8 Å². The molecule has 2 saturated heterocycles. The Balaban J connectivity index is 1.35. The second-order valence-electron chi connectivity index (χ2n) is 9.18. The summed E-state index contributed by atoms with van der Waals surface area (Å²) in [7, 11) is 0. The molecule has 0 aliphatic carbocycles. The summed E-state index contributed by atoms with van der Waals surface area (Å²) in [6.45, 7) is 3.18. The van der Waals surface area contributed by atoms with Crippen LogP contribution in [-0.2, 0) is 24.3 Å². The number of aromatic nitrogens is 1. The number of likely N-dealkylation sites (tertiary alicyclic amines) is 1. The molecule has 2 aliphatic heterocycles. The van der Waals surface area contributed by atoms with E-state index < -0.39 is 5.54 Å². The van der Waals surface area contributed by atoms with Gasteiger partial charge >= 0.3 is 6.03 Å². The quantitative estimate of drug-likeness (QED) is 0.504. The number of nitrogens with zero attached hydrogens (tertiary/aromatic N) is 4. The highest BCUT2D eigenvalue weighted by atomic mass is 16.2. The third kappa shape index (κ3) is 4.46. The average Bonchev–Trinajstić information content (AvgIpc) is 3.07. The molecule has 0 atom stereocenters. The summed E-state index contributed by atoms with van der Waals surface area (Å²) in [5.74, 6) is -0.0735. The van der Waals surface area contributed by atoms with E-state index in [2.05, 4.69) is 46.3 Å². The molecule has 6 nitrogen and oxygen atoms in total. The first-order valence-corrected chi connectivity index (χ1v) is 12.0. The summed E-state index contributed by atoms with van der Waals surface area (Å²) in [4.78, 5) is 37.4. The van der Waals surface area contributed by atoms with Gasteiger partial charge in [-0.3, -0.25) is 19.6 Å². The van der Waals surface area contributed by atoms with E-state index in [0.717, 1.165) is 31.7 Å². The van der Waals surface area contributed by atoms with E-state index in [1.807, 2.05) is 47.4 Å². The van der Waals surface area contributed by atoms with Crippen LogP contribution in [0.3, 0.4) is 0 Å². The van der Waals surface area contributed by atoms with Gasteiger partial charge in [-0.15, -0.1) is 0 Å². The van der Waals surface area contributed by atoms with Crippen LogP contribution >= 0.6 is 0 Å². The molecule has 1 spiro atoms. The topological polar surface area (TPSA) is 56.8 Å². The van der Waals surface area contributed by atoms with Gasteiger partial charge in [0, 0.05) is 32.4 Å². The van der Waals surface area contributed by atoms with E-state index in [9.17, 15) is 9.59 Å². The minimum absolute atomic E-state index is 0.0735. The molecular weight excluding hydrogens is 424 g/mol. The molecule has 6 heteroatoms. The largest absolute Gasteiger partial charge is 0.328 e. The highest BCUT2D eigenvalue weighted by molar-refractivity contribution is 6.07. The summed E-state index contributed by atoms with van der Waals surface area (Å²) < 4.78 is 0. The number of carbonyl (C=O) groups is 2. The van der Waals surface area contributed by atoms with Gasteiger partial charge in [0.2, 0.25) is 0 Å². The first kappa shape index (κ1) is 22.3. The molecule has 34 heavy (non-hydrogen) atoms. The number of rotatable bonds is 7. The number of benzene rings is 2. The number of carbonyl (C=O) groups excluding carboxylic acids is 2. The van der Waals surface area contributed by atoms with Gasteiger partial charge < -0.3 is 4.90 Å². The molecule has 5 rings (SSSR count). The molecule has 2 aromatic carbocycles. The summed E-state index contributed by atoms with van der Waals surface area (Å²) in [6, 6.07) is 26.0. The predicted molar refractivity (Wildman–Crippen MR) is 131 cm³/mol. The van der Waals surface area contributed by atoms with Crippen molar-refractivity contribution in [1.82, 2.24) is 19.7 Å². The molecule has 174 valence electrons. The van der Waals surface area contributed by atoms with Crippen LogP contribution in [0.25, 0.3) is 0 Å². The van der Waals surface area contributed by atoms with Crippen molar-refractivity contribution in [3.63, 3.8) is 0 Å². The van der Waals surface area contributed by atoms with Crippen LogP contribution in [0.15, 0.2) is 85.1 Å². The zero-order valence-electron chi connectivity index (χ0n) is 19.3. The van der Waals surface area contributed by atoms with Crippen molar-refractivity contribution < 1.29 is 9.59 Å². The van der Waals surface area contributed by atoms with Crippen LogP contribution in [0.4, 0.5) is 4.79 Å². The molecule has 2 fully saturated rings. The van der Waals surface area contributed by atoms with Crippen LogP contribution < -0.4 is 0 Å². The number of pyridine rings is 1. The Kier molecular flexibility index (Phi) is 6.41. The SMILES string of the molecule is O=C1N(Cc2ccccn2)C(=O)C2(CCN(Cc3ccccc3)CC2)N1CCc1ccccc1. The molecule has 0 radical (unpaired) electrons.